The second-order valence-corrected chi connectivity index (χ2v) is 4.39. The van der Waals surface area contributed by atoms with Gasteiger partial charge in [0.05, 0.1) is 0 Å². The van der Waals surface area contributed by atoms with Crippen molar-refractivity contribution in [1.82, 2.24) is 0 Å². The molecule has 2 heteroatoms. The predicted molar refractivity (Wildman–Crippen MR) is 60.3 cm³/mol. The van der Waals surface area contributed by atoms with E-state index in [1.165, 1.54) is 12.1 Å². The van der Waals surface area contributed by atoms with E-state index in [4.69, 9.17) is 5.11 Å². The Balaban J connectivity index is 2.74. The first kappa shape index (κ1) is 12.2. The normalized spacial score (nSPS) is 13.1. The van der Waals surface area contributed by atoms with Crippen LogP contribution in [0.2, 0.25) is 0 Å². The second-order valence-electron chi connectivity index (χ2n) is 4.39. The van der Waals surface area contributed by atoms with Gasteiger partial charge in [0.25, 0.3) is 0 Å². The van der Waals surface area contributed by atoms with Gasteiger partial charge in [0.1, 0.15) is 5.82 Å². The largest absolute Gasteiger partial charge is 0.396 e. The van der Waals surface area contributed by atoms with Gasteiger partial charge < -0.3 is 5.11 Å². The van der Waals surface area contributed by atoms with E-state index in [-0.39, 0.29) is 12.4 Å². The molecule has 84 valence electrons. The highest BCUT2D eigenvalue weighted by Gasteiger charge is 2.12. The van der Waals surface area contributed by atoms with Crippen molar-refractivity contribution in [3.8, 4) is 0 Å². The topological polar surface area (TPSA) is 20.2 Å². The average molecular weight is 210 g/mol. The first-order chi connectivity index (χ1) is 7.13. The highest BCUT2D eigenvalue weighted by Crippen LogP contribution is 2.26. The molecule has 0 fully saturated rings. The molecule has 0 aliphatic carbocycles. The molecule has 0 radical (unpaired) electrons. The van der Waals surface area contributed by atoms with Crippen LogP contribution in [0.4, 0.5) is 4.39 Å². The molecule has 0 aliphatic heterocycles. The quantitative estimate of drug-likeness (QED) is 0.790. The Labute approximate surface area is 90.9 Å². The summed E-state index contributed by atoms with van der Waals surface area (Å²) in [6.07, 6.45) is 1.79. The molecule has 1 N–H and O–H groups in total. The highest BCUT2D eigenvalue weighted by molar-refractivity contribution is 5.20. The Hall–Kier alpha value is -0.890. The van der Waals surface area contributed by atoms with Crippen LogP contribution in [-0.4, -0.2) is 11.7 Å². The zero-order valence-electron chi connectivity index (χ0n) is 9.41. The van der Waals surface area contributed by atoms with Crippen molar-refractivity contribution in [3.63, 3.8) is 0 Å². The Bertz CT molecular complexity index is 279. The fraction of sp³-hybridized carbons (Fsp3) is 0.538. The summed E-state index contributed by atoms with van der Waals surface area (Å²) in [4.78, 5) is 0. The molecule has 0 heterocycles. The number of aliphatic hydroxyl groups is 1. The molecule has 1 unspecified atom stereocenters. The van der Waals surface area contributed by atoms with E-state index >= 15 is 0 Å². The molecule has 1 aromatic rings. The van der Waals surface area contributed by atoms with Crippen molar-refractivity contribution in [2.45, 2.75) is 32.6 Å². The molecule has 0 saturated carbocycles. The maximum atomic E-state index is 12.7. The Morgan fingerprint density at radius 3 is 2.27 bits per heavy atom. The van der Waals surface area contributed by atoms with E-state index in [0.29, 0.717) is 11.8 Å². The zero-order chi connectivity index (χ0) is 11.3. The first-order valence-corrected chi connectivity index (χ1v) is 5.49. The van der Waals surface area contributed by atoms with Gasteiger partial charge in [0, 0.05) is 6.61 Å². The van der Waals surface area contributed by atoms with Gasteiger partial charge in [-0.15, -0.1) is 0 Å². The molecular weight excluding hydrogens is 191 g/mol. The van der Waals surface area contributed by atoms with Crippen LogP contribution in [0, 0.1) is 11.7 Å². The van der Waals surface area contributed by atoms with E-state index < -0.39 is 0 Å². The van der Waals surface area contributed by atoms with Crippen molar-refractivity contribution in [1.29, 1.82) is 0 Å². The van der Waals surface area contributed by atoms with Gasteiger partial charge >= 0.3 is 0 Å². The summed E-state index contributed by atoms with van der Waals surface area (Å²) in [6, 6.07) is 6.61. The van der Waals surface area contributed by atoms with Gasteiger partial charge in [-0.1, -0.05) is 26.0 Å². The minimum Gasteiger partial charge on any atom is -0.396 e. The third-order valence-electron chi connectivity index (χ3n) is 2.57. The molecule has 0 saturated heterocycles. The van der Waals surface area contributed by atoms with Crippen LogP contribution in [0.5, 0.6) is 0 Å². The molecule has 15 heavy (non-hydrogen) atoms. The fourth-order valence-corrected chi connectivity index (χ4v) is 1.88. The third-order valence-corrected chi connectivity index (χ3v) is 2.57. The minimum absolute atomic E-state index is 0.189. The summed E-state index contributed by atoms with van der Waals surface area (Å²) in [5, 5.41) is 8.99. The third kappa shape index (κ3) is 4.00. The number of halogens is 1. The lowest BCUT2D eigenvalue weighted by Crippen LogP contribution is -2.05. The van der Waals surface area contributed by atoms with E-state index in [1.54, 1.807) is 0 Å². The maximum Gasteiger partial charge on any atom is 0.123 e. The standard InChI is InChI=1S/C13H19FO/c1-10(2)9-12(7-8-15)11-3-5-13(14)6-4-11/h3-6,10,12,15H,7-9H2,1-2H3. The lowest BCUT2D eigenvalue weighted by molar-refractivity contribution is 0.267. The van der Waals surface area contributed by atoms with Crippen molar-refractivity contribution >= 4 is 0 Å². The van der Waals surface area contributed by atoms with E-state index in [0.717, 1.165) is 18.4 Å². The lowest BCUT2D eigenvalue weighted by atomic mass is 9.88. The summed E-state index contributed by atoms with van der Waals surface area (Å²) in [7, 11) is 0. The van der Waals surface area contributed by atoms with Crippen LogP contribution in [0.25, 0.3) is 0 Å². The summed E-state index contributed by atoms with van der Waals surface area (Å²) < 4.78 is 12.7. The molecular formula is C13H19FO. The lowest BCUT2D eigenvalue weighted by Gasteiger charge is -2.18. The molecule has 1 rings (SSSR count). The Morgan fingerprint density at radius 1 is 1.20 bits per heavy atom. The fourth-order valence-electron chi connectivity index (χ4n) is 1.88. The molecule has 1 nitrogen and oxygen atoms in total. The summed E-state index contributed by atoms with van der Waals surface area (Å²) in [5.74, 6) is 0.730. The van der Waals surface area contributed by atoms with Crippen LogP contribution in [0.3, 0.4) is 0 Å². The number of hydrogen-bond acceptors (Lipinski definition) is 1. The van der Waals surface area contributed by atoms with E-state index in [2.05, 4.69) is 13.8 Å². The monoisotopic (exact) mass is 210 g/mol. The minimum atomic E-state index is -0.203. The van der Waals surface area contributed by atoms with Gasteiger partial charge in [-0.3, -0.25) is 0 Å². The average Bonchev–Trinajstić information content (AvgIpc) is 2.17. The zero-order valence-corrected chi connectivity index (χ0v) is 9.41. The Morgan fingerprint density at radius 2 is 1.80 bits per heavy atom. The van der Waals surface area contributed by atoms with E-state index in [9.17, 15) is 4.39 Å². The van der Waals surface area contributed by atoms with Crippen molar-refractivity contribution in [2.75, 3.05) is 6.61 Å². The second kappa shape index (κ2) is 5.86. The van der Waals surface area contributed by atoms with Gasteiger partial charge in [-0.2, -0.15) is 0 Å². The Kier molecular flexibility index (Phi) is 4.76. The van der Waals surface area contributed by atoms with Gasteiger partial charge in [-0.05, 0) is 42.4 Å². The summed E-state index contributed by atoms with van der Waals surface area (Å²) in [5.41, 5.74) is 1.12. The SMILES string of the molecule is CC(C)CC(CCO)c1ccc(F)cc1. The van der Waals surface area contributed by atoms with Crippen molar-refractivity contribution in [2.24, 2.45) is 5.92 Å². The number of benzene rings is 1. The molecule has 0 bridgehead atoms. The maximum absolute atomic E-state index is 12.7. The summed E-state index contributed by atoms with van der Waals surface area (Å²) >= 11 is 0. The van der Waals surface area contributed by atoms with Crippen LogP contribution in [0.15, 0.2) is 24.3 Å². The van der Waals surface area contributed by atoms with Crippen molar-refractivity contribution < 1.29 is 9.50 Å². The summed E-state index contributed by atoms with van der Waals surface area (Å²) in [6.45, 7) is 4.51. The van der Waals surface area contributed by atoms with Crippen molar-refractivity contribution in [3.05, 3.63) is 35.6 Å². The smallest absolute Gasteiger partial charge is 0.123 e. The molecule has 1 atom stereocenters. The molecule has 1 aromatic carbocycles. The molecule has 0 amide bonds. The number of rotatable bonds is 5. The van der Waals surface area contributed by atoms with E-state index in [1.807, 2.05) is 12.1 Å². The molecule has 0 aromatic heterocycles. The van der Waals surface area contributed by atoms with Crippen LogP contribution >= 0.6 is 0 Å². The van der Waals surface area contributed by atoms with Gasteiger partial charge in [0.15, 0.2) is 0 Å². The van der Waals surface area contributed by atoms with Crippen LogP contribution < -0.4 is 0 Å². The predicted octanol–water partition coefficient (Wildman–Crippen LogP) is 3.34. The van der Waals surface area contributed by atoms with Gasteiger partial charge in [-0.25, -0.2) is 4.39 Å². The first-order valence-electron chi connectivity index (χ1n) is 5.49. The number of aliphatic hydroxyl groups excluding tert-OH is 1. The van der Waals surface area contributed by atoms with Crippen LogP contribution in [0.1, 0.15) is 38.2 Å². The molecule has 0 aliphatic rings. The molecule has 0 spiro atoms. The number of hydrogen-bond donors (Lipinski definition) is 1. The van der Waals surface area contributed by atoms with Gasteiger partial charge in [0.2, 0.25) is 0 Å². The van der Waals surface area contributed by atoms with Crippen LogP contribution in [-0.2, 0) is 0 Å². The highest BCUT2D eigenvalue weighted by atomic mass is 19.1.